The van der Waals surface area contributed by atoms with Crippen molar-refractivity contribution in [3.8, 4) is 0 Å². The molecule has 0 atom stereocenters. The van der Waals surface area contributed by atoms with Crippen molar-refractivity contribution >= 4 is 11.9 Å². The summed E-state index contributed by atoms with van der Waals surface area (Å²) in [6, 6.07) is 0. The first-order valence-electron chi connectivity index (χ1n) is 23.0. The number of carbonyl (C=O) groups excluding carboxylic acids is 2. The molecule has 0 saturated heterocycles. The molecule has 0 saturated carbocycles. The molecule has 0 heterocycles. The predicted octanol–water partition coefficient (Wildman–Crippen LogP) is 14.3. The third kappa shape index (κ3) is 38.4. The van der Waals surface area contributed by atoms with Crippen LogP contribution in [0.3, 0.4) is 0 Å². The van der Waals surface area contributed by atoms with Crippen molar-refractivity contribution < 1.29 is 19.1 Å². The van der Waals surface area contributed by atoms with Crippen molar-refractivity contribution in [2.45, 2.75) is 253 Å². The Morgan fingerprint density at radius 3 is 1.29 bits per heavy atom. The zero-order valence-electron chi connectivity index (χ0n) is 35.4. The van der Waals surface area contributed by atoms with Gasteiger partial charge in [-0.1, -0.05) is 176 Å². The van der Waals surface area contributed by atoms with Crippen molar-refractivity contribution in [3.05, 3.63) is 0 Å². The Morgan fingerprint density at radius 1 is 0.451 bits per heavy atom. The van der Waals surface area contributed by atoms with E-state index in [9.17, 15) is 9.59 Å². The van der Waals surface area contributed by atoms with Gasteiger partial charge in [0.1, 0.15) is 6.10 Å². The van der Waals surface area contributed by atoms with Gasteiger partial charge in [0.25, 0.3) is 0 Å². The molecule has 0 unspecified atom stereocenters. The molecule has 0 N–H and O–H groups in total. The lowest BCUT2D eigenvalue weighted by Gasteiger charge is -2.24. The second kappa shape index (κ2) is 40.1. The molecule has 0 amide bonds. The van der Waals surface area contributed by atoms with Crippen LogP contribution in [-0.4, -0.2) is 49.2 Å². The normalized spacial score (nSPS) is 11.7. The molecule has 0 spiro atoms. The molecule has 5 heteroatoms. The van der Waals surface area contributed by atoms with Crippen LogP contribution in [0.4, 0.5) is 0 Å². The average Bonchev–Trinajstić information content (AvgIpc) is 3.10. The maximum Gasteiger partial charge on any atom is 0.306 e. The molecule has 0 fully saturated rings. The van der Waals surface area contributed by atoms with Gasteiger partial charge in [-0.2, -0.15) is 0 Å². The maximum absolute atomic E-state index is 12.7. The van der Waals surface area contributed by atoms with Crippen LogP contribution in [0, 0.1) is 5.92 Å². The van der Waals surface area contributed by atoms with Crippen LogP contribution >= 0.6 is 0 Å². The quantitative estimate of drug-likeness (QED) is 0.0465. The maximum atomic E-state index is 12.7. The largest absolute Gasteiger partial charge is 0.466 e. The lowest BCUT2D eigenvalue weighted by molar-refractivity contribution is -0.150. The van der Waals surface area contributed by atoms with E-state index in [1.807, 2.05) is 0 Å². The first-order valence-corrected chi connectivity index (χ1v) is 23.0. The van der Waals surface area contributed by atoms with Crippen molar-refractivity contribution in [2.24, 2.45) is 5.92 Å². The summed E-state index contributed by atoms with van der Waals surface area (Å²) in [5, 5.41) is 0. The van der Waals surface area contributed by atoms with Gasteiger partial charge in [-0.25, -0.2) is 0 Å². The van der Waals surface area contributed by atoms with Crippen molar-refractivity contribution in [3.63, 3.8) is 0 Å². The molecular weight excluding hydrogens is 631 g/mol. The predicted molar refractivity (Wildman–Crippen MR) is 221 cm³/mol. The average molecular weight is 722 g/mol. The summed E-state index contributed by atoms with van der Waals surface area (Å²) >= 11 is 0. The van der Waals surface area contributed by atoms with Gasteiger partial charge in [0.15, 0.2) is 0 Å². The number of unbranched alkanes of at least 4 members (excludes halogenated alkanes) is 24. The van der Waals surface area contributed by atoms with Crippen LogP contribution in [0.15, 0.2) is 0 Å². The summed E-state index contributed by atoms with van der Waals surface area (Å²) in [6.07, 6.45) is 39.3. The second-order valence-electron chi connectivity index (χ2n) is 16.3. The Bertz CT molecular complexity index is 710. The molecule has 0 aliphatic rings. The summed E-state index contributed by atoms with van der Waals surface area (Å²) in [7, 11) is 0. The van der Waals surface area contributed by atoms with Crippen LogP contribution in [-0.2, 0) is 19.1 Å². The van der Waals surface area contributed by atoms with E-state index >= 15 is 0 Å². The van der Waals surface area contributed by atoms with Crippen LogP contribution in [0.2, 0.25) is 0 Å². The molecule has 0 aromatic carbocycles. The third-order valence-corrected chi connectivity index (χ3v) is 10.4. The minimum absolute atomic E-state index is 0.0111. The number of hydrogen-bond donors (Lipinski definition) is 0. The highest BCUT2D eigenvalue weighted by atomic mass is 16.5. The van der Waals surface area contributed by atoms with Gasteiger partial charge in [-0.05, 0) is 76.8 Å². The lowest BCUT2D eigenvalue weighted by atomic mass is 10.0. The minimum atomic E-state index is -0.0111. The fourth-order valence-electron chi connectivity index (χ4n) is 7.21. The van der Waals surface area contributed by atoms with Gasteiger partial charge >= 0.3 is 11.9 Å². The molecule has 0 aromatic rings. The van der Waals surface area contributed by atoms with Gasteiger partial charge in [0, 0.05) is 19.4 Å². The van der Waals surface area contributed by atoms with E-state index in [4.69, 9.17) is 9.47 Å². The number of carbonyl (C=O) groups is 2. The van der Waals surface area contributed by atoms with Crippen molar-refractivity contribution in [1.29, 1.82) is 0 Å². The molecule has 51 heavy (non-hydrogen) atoms. The zero-order valence-corrected chi connectivity index (χ0v) is 35.4. The van der Waals surface area contributed by atoms with Gasteiger partial charge < -0.3 is 14.4 Å². The Balaban J connectivity index is 4.05. The van der Waals surface area contributed by atoms with E-state index in [1.165, 1.54) is 148 Å². The Kier molecular flexibility index (Phi) is 39.2. The van der Waals surface area contributed by atoms with Crippen molar-refractivity contribution in [2.75, 3.05) is 26.2 Å². The first kappa shape index (κ1) is 49.9. The van der Waals surface area contributed by atoms with E-state index in [2.05, 4.69) is 39.5 Å². The molecule has 0 rings (SSSR count). The minimum Gasteiger partial charge on any atom is -0.466 e. The second-order valence-corrected chi connectivity index (χ2v) is 16.3. The third-order valence-electron chi connectivity index (χ3n) is 10.4. The van der Waals surface area contributed by atoms with E-state index in [1.54, 1.807) is 0 Å². The SMILES string of the molecule is CCCCCCCCCCCOC(=O)CCCCCN(CCCCCCCC(=O)OC(CCCCCCCC)CCCCCCCC)CC(C)C. The van der Waals surface area contributed by atoms with Crippen LogP contribution < -0.4 is 0 Å². The van der Waals surface area contributed by atoms with Gasteiger partial charge in [0.05, 0.1) is 6.61 Å². The fraction of sp³-hybridized carbons (Fsp3) is 0.957. The van der Waals surface area contributed by atoms with Crippen LogP contribution in [0.5, 0.6) is 0 Å². The zero-order chi connectivity index (χ0) is 37.5. The monoisotopic (exact) mass is 722 g/mol. The molecule has 0 radical (unpaired) electrons. The molecular formula is C46H91NO4. The van der Waals surface area contributed by atoms with E-state index in [0.29, 0.717) is 25.4 Å². The molecule has 304 valence electrons. The number of hydrogen-bond acceptors (Lipinski definition) is 5. The van der Waals surface area contributed by atoms with Gasteiger partial charge in [-0.15, -0.1) is 0 Å². The summed E-state index contributed by atoms with van der Waals surface area (Å²) in [5.74, 6) is 0.688. The molecule has 0 aromatic heterocycles. The van der Waals surface area contributed by atoms with Crippen molar-refractivity contribution in [1.82, 2.24) is 4.90 Å². The van der Waals surface area contributed by atoms with E-state index in [0.717, 1.165) is 71.0 Å². The smallest absolute Gasteiger partial charge is 0.306 e. The standard InChI is InChI=1S/C46H91NO4/c1-6-9-12-15-18-19-20-26-34-41-50-45(48)37-31-27-33-40-47(42-43(4)5)39-32-25-21-24-30-38-46(49)51-44(35-28-22-16-13-10-7-2)36-29-23-17-14-11-8-3/h43-44H,6-42H2,1-5H3. The highest BCUT2D eigenvalue weighted by Crippen LogP contribution is 2.19. The molecule has 0 aliphatic heterocycles. The first-order chi connectivity index (χ1) is 24.9. The fourth-order valence-corrected chi connectivity index (χ4v) is 7.21. The molecule has 0 bridgehead atoms. The lowest BCUT2D eigenvalue weighted by Crippen LogP contribution is -2.30. The summed E-state index contributed by atoms with van der Waals surface area (Å²) in [6.45, 7) is 15.4. The molecule has 0 aliphatic carbocycles. The topological polar surface area (TPSA) is 55.8 Å². The number of esters is 2. The van der Waals surface area contributed by atoms with E-state index in [-0.39, 0.29) is 18.0 Å². The Hall–Kier alpha value is -1.10. The number of rotatable bonds is 41. The summed E-state index contributed by atoms with van der Waals surface area (Å²) < 4.78 is 11.5. The highest BCUT2D eigenvalue weighted by Gasteiger charge is 2.14. The Labute approximate surface area is 319 Å². The summed E-state index contributed by atoms with van der Waals surface area (Å²) in [4.78, 5) is 27.5. The molecule has 5 nitrogen and oxygen atoms in total. The van der Waals surface area contributed by atoms with Crippen LogP contribution in [0.1, 0.15) is 247 Å². The van der Waals surface area contributed by atoms with Gasteiger partial charge in [0.2, 0.25) is 0 Å². The summed E-state index contributed by atoms with van der Waals surface area (Å²) in [5.41, 5.74) is 0. The van der Waals surface area contributed by atoms with E-state index < -0.39 is 0 Å². The van der Waals surface area contributed by atoms with Crippen LogP contribution in [0.25, 0.3) is 0 Å². The number of nitrogens with zero attached hydrogens (tertiary/aromatic N) is 1. The highest BCUT2D eigenvalue weighted by molar-refractivity contribution is 5.69. The van der Waals surface area contributed by atoms with Gasteiger partial charge in [-0.3, -0.25) is 9.59 Å². The number of ether oxygens (including phenoxy) is 2. The Morgan fingerprint density at radius 2 is 0.824 bits per heavy atom.